The van der Waals surface area contributed by atoms with Crippen molar-refractivity contribution in [3.05, 3.63) is 63.6 Å². The van der Waals surface area contributed by atoms with Gasteiger partial charge in [0.05, 0.1) is 5.69 Å². The molecule has 0 unspecified atom stereocenters. The van der Waals surface area contributed by atoms with E-state index < -0.39 is 0 Å². The highest BCUT2D eigenvalue weighted by Crippen LogP contribution is 2.29. The Labute approximate surface area is 149 Å². The van der Waals surface area contributed by atoms with Gasteiger partial charge in [-0.15, -0.1) is 0 Å². The van der Waals surface area contributed by atoms with E-state index in [4.69, 9.17) is 23.2 Å². The standard InChI is InChI=1S/C17H14Cl2N2OS/c1-11-14(19)6-3-7-15(11)20-17-21(8-9-23-17)16(22)12-4-2-5-13(18)10-12/h2-7,10H,8-9H2,1H3. The van der Waals surface area contributed by atoms with Gasteiger partial charge in [0.1, 0.15) is 0 Å². The Morgan fingerprint density at radius 2 is 2.00 bits per heavy atom. The molecule has 118 valence electrons. The fourth-order valence-corrected chi connectivity index (χ4v) is 3.59. The van der Waals surface area contributed by atoms with Crippen molar-refractivity contribution >= 4 is 51.7 Å². The Bertz CT molecular complexity index is 792. The molecule has 2 aromatic rings. The molecule has 0 aliphatic carbocycles. The van der Waals surface area contributed by atoms with Crippen LogP contribution in [-0.2, 0) is 0 Å². The number of amidine groups is 1. The first-order valence-corrected chi connectivity index (χ1v) is 8.84. The highest BCUT2D eigenvalue weighted by Gasteiger charge is 2.27. The lowest BCUT2D eigenvalue weighted by Gasteiger charge is -2.16. The van der Waals surface area contributed by atoms with E-state index in [0.29, 0.717) is 27.3 Å². The van der Waals surface area contributed by atoms with E-state index in [-0.39, 0.29) is 5.91 Å². The van der Waals surface area contributed by atoms with Gasteiger partial charge >= 0.3 is 0 Å². The lowest BCUT2D eigenvalue weighted by molar-refractivity contribution is 0.0859. The van der Waals surface area contributed by atoms with E-state index in [1.807, 2.05) is 25.1 Å². The number of carbonyl (C=O) groups is 1. The van der Waals surface area contributed by atoms with Gasteiger partial charge in [-0.05, 0) is 42.8 Å². The van der Waals surface area contributed by atoms with Crippen molar-refractivity contribution in [1.82, 2.24) is 4.90 Å². The number of hydrogen-bond acceptors (Lipinski definition) is 3. The quantitative estimate of drug-likeness (QED) is 0.735. The van der Waals surface area contributed by atoms with Gasteiger partial charge in [-0.1, -0.05) is 47.1 Å². The molecule has 0 saturated carbocycles. The summed E-state index contributed by atoms with van der Waals surface area (Å²) in [5.41, 5.74) is 2.26. The second-order valence-electron chi connectivity index (χ2n) is 5.09. The molecule has 0 atom stereocenters. The van der Waals surface area contributed by atoms with Crippen molar-refractivity contribution in [2.24, 2.45) is 4.99 Å². The molecule has 3 nitrogen and oxygen atoms in total. The van der Waals surface area contributed by atoms with E-state index in [1.165, 1.54) is 0 Å². The molecule has 2 aromatic carbocycles. The van der Waals surface area contributed by atoms with Gasteiger partial charge in [-0.2, -0.15) is 0 Å². The summed E-state index contributed by atoms with van der Waals surface area (Å²) >= 11 is 13.7. The van der Waals surface area contributed by atoms with Gasteiger partial charge < -0.3 is 0 Å². The topological polar surface area (TPSA) is 32.7 Å². The van der Waals surface area contributed by atoms with Gasteiger partial charge in [-0.25, -0.2) is 4.99 Å². The van der Waals surface area contributed by atoms with Crippen molar-refractivity contribution in [2.75, 3.05) is 12.3 Å². The van der Waals surface area contributed by atoms with Crippen LogP contribution in [0.25, 0.3) is 0 Å². The summed E-state index contributed by atoms with van der Waals surface area (Å²) in [7, 11) is 0. The molecular weight excluding hydrogens is 351 g/mol. The molecule has 23 heavy (non-hydrogen) atoms. The number of thioether (sulfide) groups is 1. The summed E-state index contributed by atoms with van der Waals surface area (Å²) in [4.78, 5) is 19.0. The molecule has 0 N–H and O–H groups in total. The van der Waals surface area contributed by atoms with Gasteiger partial charge in [0.2, 0.25) is 0 Å². The molecule has 1 saturated heterocycles. The van der Waals surface area contributed by atoms with Crippen LogP contribution in [0.4, 0.5) is 5.69 Å². The Morgan fingerprint density at radius 1 is 1.22 bits per heavy atom. The minimum Gasteiger partial charge on any atom is -0.286 e. The van der Waals surface area contributed by atoms with Crippen molar-refractivity contribution in [2.45, 2.75) is 6.92 Å². The summed E-state index contributed by atoms with van der Waals surface area (Å²) in [5.74, 6) is 0.737. The summed E-state index contributed by atoms with van der Waals surface area (Å²) < 4.78 is 0. The van der Waals surface area contributed by atoms with E-state index >= 15 is 0 Å². The van der Waals surface area contributed by atoms with Gasteiger partial charge in [0, 0.05) is 27.9 Å². The number of nitrogens with zero attached hydrogens (tertiary/aromatic N) is 2. The average Bonchev–Trinajstić information content (AvgIpc) is 2.99. The van der Waals surface area contributed by atoms with E-state index in [9.17, 15) is 4.79 Å². The fraction of sp³-hybridized carbons (Fsp3) is 0.176. The molecule has 1 aliphatic rings. The maximum absolute atomic E-state index is 12.7. The largest absolute Gasteiger partial charge is 0.286 e. The van der Waals surface area contributed by atoms with Crippen LogP contribution in [0.1, 0.15) is 15.9 Å². The molecule has 0 bridgehead atoms. The number of carbonyl (C=O) groups excluding carboxylic acids is 1. The number of halogens is 2. The van der Waals surface area contributed by atoms with Gasteiger partial charge in [0.25, 0.3) is 5.91 Å². The Hall–Kier alpha value is -1.49. The fourth-order valence-electron chi connectivity index (χ4n) is 2.28. The smallest absolute Gasteiger partial charge is 0.259 e. The molecule has 0 radical (unpaired) electrons. The second kappa shape index (κ2) is 6.95. The highest BCUT2D eigenvalue weighted by atomic mass is 35.5. The molecule has 0 spiro atoms. The summed E-state index contributed by atoms with van der Waals surface area (Å²) in [5, 5.41) is 1.91. The molecule has 3 rings (SSSR count). The molecule has 1 fully saturated rings. The normalized spacial score (nSPS) is 16.1. The van der Waals surface area contributed by atoms with Crippen molar-refractivity contribution in [1.29, 1.82) is 0 Å². The van der Waals surface area contributed by atoms with Crippen LogP contribution in [0, 0.1) is 6.92 Å². The molecule has 0 aromatic heterocycles. The van der Waals surface area contributed by atoms with Gasteiger partial charge in [-0.3, -0.25) is 9.69 Å². The summed E-state index contributed by atoms with van der Waals surface area (Å²) in [6.07, 6.45) is 0. The maximum Gasteiger partial charge on any atom is 0.259 e. The predicted molar refractivity (Wildman–Crippen MR) is 98.2 cm³/mol. The molecule has 1 heterocycles. The Kier molecular flexibility index (Phi) is 4.95. The molecule has 1 amide bonds. The minimum atomic E-state index is -0.0871. The molecule has 1 aliphatic heterocycles. The van der Waals surface area contributed by atoms with Crippen LogP contribution in [0.3, 0.4) is 0 Å². The van der Waals surface area contributed by atoms with Crippen LogP contribution in [-0.4, -0.2) is 28.3 Å². The van der Waals surface area contributed by atoms with Gasteiger partial charge in [0.15, 0.2) is 5.17 Å². The van der Waals surface area contributed by atoms with Crippen molar-refractivity contribution in [3.63, 3.8) is 0 Å². The number of aliphatic imine (C=N–C) groups is 1. The first-order chi connectivity index (χ1) is 11.1. The minimum absolute atomic E-state index is 0.0871. The second-order valence-corrected chi connectivity index (χ2v) is 7.00. The first kappa shape index (κ1) is 16.4. The van der Waals surface area contributed by atoms with E-state index in [2.05, 4.69) is 4.99 Å². The number of hydrogen-bond donors (Lipinski definition) is 0. The van der Waals surface area contributed by atoms with Crippen LogP contribution in [0.2, 0.25) is 10.0 Å². The first-order valence-electron chi connectivity index (χ1n) is 7.10. The zero-order chi connectivity index (χ0) is 16.4. The van der Waals surface area contributed by atoms with Crippen LogP contribution in [0.5, 0.6) is 0 Å². The van der Waals surface area contributed by atoms with Crippen LogP contribution in [0.15, 0.2) is 47.5 Å². The molecule has 6 heteroatoms. The SMILES string of the molecule is Cc1c(Cl)cccc1N=C1SCCN1C(=O)c1cccc(Cl)c1. The predicted octanol–water partition coefficient (Wildman–Crippen LogP) is 5.18. The third-order valence-electron chi connectivity index (χ3n) is 3.55. The Morgan fingerprint density at radius 3 is 2.78 bits per heavy atom. The number of benzene rings is 2. The lowest BCUT2D eigenvalue weighted by Crippen LogP contribution is -2.31. The van der Waals surface area contributed by atoms with E-state index in [0.717, 1.165) is 17.0 Å². The lowest BCUT2D eigenvalue weighted by atomic mass is 10.2. The van der Waals surface area contributed by atoms with Crippen LogP contribution >= 0.6 is 35.0 Å². The zero-order valence-electron chi connectivity index (χ0n) is 12.4. The van der Waals surface area contributed by atoms with E-state index in [1.54, 1.807) is 40.9 Å². The monoisotopic (exact) mass is 364 g/mol. The van der Waals surface area contributed by atoms with Crippen molar-refractivity contribution in [3.8, 4) is 0 Å². The highest BCUT2D eigenvalue weighted by molar-refractivity contribution is 8.14. The number of amides is 1. The molecular formula is C17H14Cl2N2OS. The third-order valence-corrected chi connectivity index (χ3v) is 5.15. The third kappa shape index (κ3) is 3.55. The van der Waals surface area contributed by atoms with Crippen molar-refractivity contribution < 1.29 is 4.79 Å². The summed E-state index contributed by atoms with van der Waals surface area (Å²) in [6, 6.07) is 12.6. The number of rotatable bonds is 2. The average molecular weight is 365 g/mol. The van der Waals surface area contributed by atoms with Crippen LogP contribution < -0.4 is 0 Å². The Balaban J connectivity index is 1.92. The zero-order valence-corrected chi connectivity index (χ0v) is 14.8. The summed E-state index contributed by atoms with van der Waals surface area (Å²) in [6.45, 7) is 2.55. The maximum atomic E-state index is 12.7.